The van der Waals surface area contributed by atoms with Gasteiger partial charge in [0.1, 0.15) is 19.1 Å². The van der Waals surface area contributed by atoms with Gasteiger partial charge in [0.25, 0.3) is 0 Å². The number of hydrogen-bond donors (Lipinski definition) is 0. The first-order valence-corrected chi connectivity index (χ1v) is 6.17. The van der Waals surface area contributed by atoms with Crippen LogP contribution in [0, 0.1) is 11.3 Å². The molecule has 0 aromatic carbocycles. The van der Waals surface area contributed by atoms with Gasteiger partial charge in [-0.15, -0.1) is 0 Å². The Labute approximate surface area is 106 Å². The molecule has 0 bridgehead atoms. The molecule has 0 unspecified atom stereocenters. The Morgan fingerprint density at radius 1 is 1.28 bits per heavy atom. The van der Waals surface area contributed by atoms with Gasteiger partial charge in [-0.25, -0.2) is 8.78 Å². The van der Waals surface area contributed by atoms with E-state index in [4.69, 9.17) is 4.74 Å². The fraction of sp³-hybridized carbons (Fsp3) is 0.846. The van der Waals surface area contributed by atoms with Crippen molar-refractivity contribution >= 4 is 11.8 Å². The van der Waals surface area contributed by atoms with Gasteiger partial charge < -0.3 is 4.74 Å². The van der Waals surface area contributed by atoms with Gasteiger partial charge in [0.05, 0.1) is 6.42 Å². The molecule has 0 saturated heterocycles. The number of carbonyl (C=O) groups excluding carboxylic acids is 2. The molecule has 0 atom stereocenters. The summed E-state index contributed by atoms with van der Waals surface area (Å²) in [5, 5.41) is 0. The van der Waals surface area contributed by atoms with E-state index in [1.807, 2.05) is 0 Å². The molecule has 1 fully saturated rings. The van der Waals surface area contributed by atoms with Crippen LogP contribution in [-0.4, -0.2) is 30.7 Å². The van der Waals surface area contributed by atoms with E-state index in [0.29, 0.717) is 12.8 Å². The Morgan fingerprint density at radius 3 is 2.11 bits per heavy atom. The summed E-state index contributed by atoms with van der Waals surface area (Å²) in [6.07, 6.45) is 1.24. The highest BCUT2D eigenvalue weighted by molar-refractivity contribution is 5.92. The first-order valence-electron chi connectivity index (χ1n) is 6.17. The van der Waals surface area contributed by atoms with Crippen molar-refractivity contribution in [1.29, 1.82) is 0 Å². The van der Waals surface area contributed by atoms with Gasteiger partial charge in [-0.3, -0.25) is 9.59 Å². The minimum atomic E-state index is -1.71. The van der Waals surface area contributed by atoms with E-state index < -0.39 is 30.3 Å². The molecule has 0 aromatic rings. The summed E-state index contributed by atoms with van der Waals surface area (Å²) in [4.78, 5) is 23.6. The van der Waals surface area contributed by atoms with Gasteiger partial charge in [-0.1, -0.05) is 13.8 Å². The summed E-state index contributed by atoms with van der Waals surface area (Å²) in [6.45, 7) is 2.62. The Hall–Kier alpha value is -1.00. The summed E-state index contributed by atoms with van der Waals surface area (Å²) < 4.78 is 29.9. The first kappa shape index (κ1) is 15.1. The van der Waals surface area contributed by atoms with Gasteiger partial charge in [0.15, 0.2) is 5.60 Å². The van der Waals surface area contributed by atoms with Crippen molar-refractivity contribution < 1.29 is 23.1 Å². The van der Waals surface area contributed by atoms with Crippen LogP contribution in [0.25, 0.3) is 0 Å². The number of hydrogen-bond acceptors (Lipinski definition) is 3. The number of ether oxygens (including phenoxy) is 1. The second-order valence-electron chi connectivity index (χ2n) is 5.67. The molecule has 5 heteroatoms. The maximum Gasteiger partial charge on any atom is 0.307 e. The fourth-order valence-corrected chi connectivity index (χ4v) is 1.95. The van der Waals surface area contributed by atoms with Crippen LogP contribution in [0.3, 0.4) is 0 Å². The maximum absolute atomic E-state index is 12.6. The molecular weight excluding hydrogens is 242 g/mol. The number of esters is 1. The van der Waals surface area contributed by atoms with Crippen molar-refractivity contribution in [2.24, 2.45) is 11.3 Å². The van der Waals surface area contributed by atoms with E-state index in [9.17, 15) is 18.4 Å². The average Bonchev–Trinajstić information content (AvgIpc) is 3.08. The number of carbonyl (C=O) groups is 2. The fourth-order valence-electron chi connectivity index (χ4n) is 1.95. The van der Waals surface area contributed by atoms with Crippen LogP contribution in [0.15, 0.2) is 0 Å². The molecule has 1 aliphatic carbocycles. The standard InChI is InChI=1S/C13H20F2O3/c1-9(2)11(17)13(4-5-13)6-10(16)18-12(3,7-14)8-15/h9H,4-8H2,1-3H3. The minimum Gasteiger partial charge on any atom is -0.454 e. The third-order valence-electron chi connectivity index (χ3n) is 3.31. The highest BCUT2D eigenvalue weighted by Crippen LogP contribution is 2.51. The molecule has 104 valence electrons. The highest BCUT2D eigenvalue weighted by Gasteiger charge is 2.52. The van der Waals surface area contributed by atoms with Crippen molar-refractivity contribution in [2.75, 3.05) is 13.3 Å². The molecule has 0 aliphatic heterocycles. The molecule has 3 nitrogen and oxygen atoms in total. The van der Waals surface area contributed by atoms with Crippen molar-refractivity contribution in [3.8, 4) is 0 Å². The summed E-state index contributed by atoms with van der Waals surface area (Å²) >= 11 is 0. The third kappa shape index (κ3) is 3.27. The van der Waals surface area contributed by atoms with E-state index in [2.05, 4.69) is 0 Å². The summed E-state index contributed by atoms with van der Waals surface area (Å²) in [6, 6.07) is 0. The molecule has 0 N–H and O–H groups in total. The Bertz CT molecular complexity index is 331. The first-order chi connectivity index (χ1) is 8.28. The van der Waals surface area contributed by atoms with Crippen LogP contribution < -0.4 is 0 Å². The molecule has 0 spiro atoms. The minimum absolute atomic E-state index is 0.0293. The monoisotopic (exact) mass is 262 g/mol. The lowest BCUT2D eigenvalue weighted by Crippen LogP contribution is -2.37. The summed E-state index contributed by atoms with van der Waals surface area (Å²) in [5.41, 5.74) is -2.35. The van der Waals surface area contributed by atoms with Crippen molar-refractivity contribution in [3.05, 3.63) is 0 Å². The number of halogens is 2. The zero-order valence-electron chi connectivity index (χ0n) is 11.1. The highest BCUT2D eigenvalue weighted by atomic mass is 19.1. The van der Waals surface area contributed by atoms with Crippen LogP contribution in [0.4, 0.5) is 8.78 Å². The number of Topliss-reactive ketones (excluding diaryl/α,β-unsaturated/α-hetero) is 1. The van der Waals surface area contributed by atoms with E-state index >= 15 is 0 Å². The van der Waals surface area contributed by atoms with E-state index in [1.54, 1.807) is 13.8 Å². The van der Waals surface area contributed by atoms with Gasteiger partial charge in [0, 0.05) is 11.3 Å². The van der Waals surface area contributed by atoms with Crippen LogP contribution in [-0.2, 0) is 14.3 Å². The van der Waals surface area contributed by atoms with Gasteiger partial charge in [-0.05, 0) is 19.8 Å². The quantitative estimate of drug-likeness (QED) is 0.662. The molecule has 18 heavy (non-hydrogen) atoms. The lowest BCUT2D eigenvalue weighted by atomic mass is 9.89. The molecule has 0 heterocycles. The number of rotatable bonds is 7. The van der Waals surface area contributed by atoms with Crippen LogP contribution >= 0.6 is 0 Å². The molecule has 0 amide bonds. The third-order valence-corrected chi connectivity index (χ3v) is 3.31. The van der Waals surface area contributed by atoms with Crippen molar-refractivity contribution in [2.45, 2.75) is 45.6 Å². The van der Waals surface area contributed by atoms with Gasteiger partial charge >= 0.3 is 5.97 Å². The lowest BCUT2D eigenvalue weighted by molar-refractivity contribution is -0.164. The molecule has 0 aromatic heterocycles. The second-order valence-corrected chi connectivity index (χ2v) is 5.67. The Kier molecular flexibility index (Phi) is 4.46. The second kappa shape index (κ2) is 5.33. The summed E-state index contributed by atoms with van der Waals surface area (Å²) in [7, 11) is 0. The van der Waals surface area contributed by atoms with Gasteiger partial charge in [-0.2, -0.15) is 0 Å². The normalized spacial score (nSPS) is 17.7. The van der Waals surface area contributed by atoms with Crippen LogP contribution in [0.2, 0.25) is 0 Å². The van der Waals surface area contributed by atoms with Gasteiger partial charge in [0.2, 0.25) is 0 Å². The number of ketones is 1. The zero-order chi connectivity index (χ0) is 14.0. The number of alkyl halides is 2. The average molecular weight is 262 g/mol. The predicted molar refractivity (Wildman–Crippen MR) is 62.6 cm³/mol. The molecule has 1 rings (SSSR count). The molecule has 1 aliphatic rings. The molecular formula is C13H20F2O3. The van der Waals surface area contributed by atoms with Crippen LogP contribution in [0.5, 0.6) is 0 Å². The molecule has 0 radical (unpaired) electrons. The predicted octanol–water partition coefficient (Wildman–Crippen LogP) is 2.62. The van der Waals surface area contributed by atoms with E-state index in [1.165, 1.54) is 6.92 Å². The van der Waals surface area contributed by atoms with E-state index in [-0.39, 0.29) is 18.1 Å². The largest absolute Gasteiger partial charge is 0.454 e. The van der Waals surface area contributed by atoms with E-state index in [0.717, 1.165) is 0 Å². The van der Waals surface area contributed by atoms with Crippen molar-refractivity contribution in [3.63, 3.8) is 0 Å². The van der Waals surface area contributed by atoms with Crippen LogP contribution in [0.1, 0.15) is 40.0 Å². The van der Waals surface area contributed by atoms with Crippen molar-refractivity contribution in [1.82, 2.24) is 0 Å². The summed E-state index contributed by atoms with van der Waals surface area (Å²) in [5.74, 6) is -0.810. The Balaban J connectivity index is 2.58. The maximum atomic E-state index is 12.6. The Morgan fingerprint density at radius 2 is 1.78 bits per heavy atom. The lowest BCUT2D eigenvalue weighted by Gasteiger charge is -2.24. The smallest absolute Gasteiger partial charge is 0.307 e. The zero-order valence-corrected chi connectivity index (χ0v) is 11.1. The topological polar surface area (TPSA) is 43.4 Å². The SMILES string of the molecule is CC(C)C(=O)C1(CC(=O)OC(C)(CF)CF)CC1. The molecule has 1 saturated carbocycles.